The second-order valence-electron chi connectivity index (χ2n) is 8.04. The summed E-state index contributed by atoms with van der Waals surface area (Å²) in [6, 6.07) is 32.3. The number of carbonyl (C=O) groups excluding carboxylic acids is 2. The van der Waals surface area contributed by atoms with Crippen LogP contribution in [0.25, 0.3) is 17.2 Å². The molecule has 1 unspecified atom stereocenters. The van der Waals surface area contributed by atoms with Crippen LogP contribution in [-0.2, 0) is 0 Å². The molecule has 4 aromatic rings. The number of rotatable bonds is 2. The Labute approximate surface area is 180 Å². The smallest absolute Gasteiger partial charge is 0.197 e. The monoisotopic (exact) mass is 398 g/mol. The van der Waals surface area contributed by atoms with Gasteiger partial charge in [-0.05, 0) is 45.5 Å². The van der Waals surface area contributed by atoms with E-state index in [1.807, 2.05) is 12.1 Å². The zero-order valence-corrected chi connectivity index (χ0v) is 16.7. The van der Waals surface area contributed by atoms with Crippen LogP contribution in [0.15, 0.2) is 103 Å². The Kier molecular flexibility index (Phi) is 3.87. The SMILES string of the molecule is O=C1C(=Cc2ccc3c(c2)-c2ccccc2C3c2ccccc2)C(=O)c2ccccc21. The largest absolute Gasteiger partial charge is 0.288 e. The molecule has 0 aliphatic heterocycles. The summed E-state index contributed by atoms with van der Waals surface area (Å²) >= 11 is 0. The van der Waals surface area contributed by atoms with E-state index in [0.717, 1.165) is 11.1 Å². The van der Waals surface area contributed by atoms with Gasteiger partial charge in [0, 0.05) is 17.0 Å². The first kappa shape index (κ1) is 17.8. The van der Waals surface area contributed by atoms with Gasteiger partial charge in [-0.25, -0.2) is 0 Å². The summed E-state index contributed by atoms with van der Waals surface area (Å²) in [5, 5.41) is 0. The van der Waals surface area contributed by atoms with Crippen LogP contribution in [0.5, 0.6) is 0 Å². The van der Waals surface area contributed by atoms with E-state index in [0.29, 0.717) is 11.1 Å². The van der Waals surface area contributed by atoms with Crippen molar-refractivity contribution in [3.8, 4) is 11.1 Å². The highest BCUT2D eigenvalue weighted by atomic mass is 16.2. The van der Waals surface area contributed by atoms with E-state index in [-0.39, 0.29) is 23.1 Å². The number of benzene rings is 4. The lowest BCUT2D eigenvalue weighted by Gasteiger charge is -2.14. The molecule has 0 N–H and O–H groups in total. The summed E-state index contributed by atoms with van der Waals surface area (Å²) in [4.78, 5) is 25.6. The minimum atomic E-state index is -0.191. The van der Waals surface area contributed by atoms with Crippen molar-refractivity contribution in [2.24, 2.45) is 0 Å². The van der Waals surface area contributed by atoms with E-state index in [1.54, 1.807) is 30.3 Å². The molecular formula is C29H18O2. The normalized spacial score (nSPS) is 16.1. The van der Waals surface area contributed by atoms with Crippen LogP contribution in [0.4, 0.5) is 0 Å². The standard InChI is InChI=1S/C29H18O2/c30-28-23-12-6-7-13-24(23)29(31)26(28)17-18-14-15-22-25(16-18)20-10-4-5-11-21(20)27(22)19-8-2-1-3-9-19/h1-17,27H. The lowest BCUT2D eigenvalue weighted by Crippen LogP contribution is -2.00. The van der Waals surface area contributed by atoms with Gasteiger partial charge in [-0.2, -0.15) is 0 Å². The third-order valence-electron chi connectivity index (χ3n) is 6.30. The summed E-state index contributed by atoms with van der Waals surface area (Å²) in [6.07, 6.45) is 1.74. The molecule has 0 radical (unpaired) electrons. The molecule has 4 aromatic carbocycles. The number of Topliss-reactive ketones (excluding diaryl/α,β-unsaturated/α-hetero) is 2. The summed E-state index contributed by atoms with van der Waals surface area (Å²) in [5.41, 5.74) is 8.27. The van der Waals surface area contributed by atoms with Crippen LogP contribution in [0.1, 0.15) is 48.9 Å². The van der Waals surface area contributed by atoms with Crippen molar-refractivity contribution in [3.63, 3.8) is 0 Å². The van der Waals surface area contributed by atoms with Crippen LogP contribution in [0.2, 0.25) is 0 Å². The van der Waals surface area contributed by atoms with Gasteiger partial charge in [0.15, 0.2) is 11.6 Å². The minimum Gasteiger partial charge on any atom is -0.288 e. The number of allylic oxidation sites excluding steroid dienone is 1. The molecule has 0 spiro atoms. The maximum absolute atomic E-state index is 12.8. The maximum Gasteiger partial charge on any atom is 0.197 e. The van der Waals surface area contributed by atoms with Gasteiger partial charge in [0.05, 0.1) is 5.57 Å². The Morgan fingerprint density at radius 1 is 0.548 bits per heavy atom. The van der Waals surface area contributed by atoms with E-state index in [1.165, 1.54) is 22.3 Å². The predicted molar refractivity (Wildman–Crippen MR) is 122 cm³/mol. The Morgan fingerprint density at radius 2 is 1.13 bits per heavy atom. The van der Waals surface area contributed by atoms with Gasteiger partial charge in [0.1, 0.15) is 0 Å². The molecule has 0 aromatic heterocycles. The molecular weight excluding hydrogens is 380 g/mol. The highest BCUT2D eigenvalue weighted by molar-refractivity contribution is 6.41. The topological polar surface area (TPSA) is 34.1 Å². The van der Waals surface area contributed by atoms with E-state index in [4.69, 9.17) is 0 Å². The van der Waals surface area contributed by atoms with Crippen LogP contribution < -0.4 is 0 Å². The average molecular weight is 398 g/mol. The summed E-state index contributed by atoms with van der Waals surface area (Å²) in [5.74, 6) is -0.194. The quantitative estimate of drug-likeness (QED) is 0.258. The van der Waals surface area contributed by atoms with Gasteiger partial charge in [0.2, 0.25) is 0 Å². The summed E-state index contributed by atoms with van der Waals surface area (Å²) in [7, 11) is 0. The van der Waals surface area contributed by atoms with Crippen molar-refractivity contribution >= 4 is 17.6 Å². The van der Waals surface area contributed by atoms with Crippen LogP contribution in [0, 0.1) is 0 Å². The van der Waals surface area contributed by atoms with Crippen molar-refractivity contribution in [2.75, 3.05) is 0 Å². The van der Waals surface area contributed by atoms with Crippen molar-refractivity contribution in [1.82, 2.24) is 0 Å². The van der Waals surface area contributed by atoms with E-state index in [9.17, 15) is 9.59 Å². The molecule has 0 saturated heterocycles. The number of hydrogen-bond donors (Lipinski definition) is 0. The average Bonchev–Trinajstić information content (AvgIpc) is 3.27. The van der Waals surface area contributed by atoms with Gasteiger partial charge in [-0.15, -0.1) is 0 Å². The summed E-state index contributed by atoms with van der Waals surface area (Å²) < 4.78 is 0. The van der Waals surface area contributed by atoms with Gasteiger partial charge in [-0.1, -0.05) is 91.0 Å². The first-order valence-corrected chi connectivity index (χ1v) is 10.4. The number of fused-ring (bicyclic) bond motifs is 4. The second kappa shape index (κ2) is 6.75. The van der Waals surface area contributed by atoms with Crippen molar-refractivity contribution in [1.29, 1.82) is 0 Å². The fourth-order valence-corrected chi connectivity index (χ4v) is 4.88. The Morgan fingerprint density at radius 3 is 1.84 bits per heavy atom. The fourth-order valence-electron chi connectivity index (χ4n) is 4.88. The maximum atomic E-state index is 12.8. The van der Waals surface area contributed by atoms with E-state index in [2.05, 4.69) is 60.7 Å². The molecule has 0 amide bonds. The van der Waals surface area contributed by atoms with Gasteiger partial charge in [-0.3, -0.25) is 9.59 Å². The molecule has 0 saturated carbocycles. The van der Waals surface area contributed by atoms with Crippen molar-refractivity contribution in [3.05, 3.63) is 136 Å². The first-order chi connectivity index (χ1) is 15.2. The minimum absolute atomic E-state index is 0.188. The lowest BCUT2D eigenvalue weighted by atomic mass is 9.89. The first-order valence-electron chi connectivity index (χ1n) is 10.4. The van der Waals surface area contributed by atoms with Crippen LogP contribution in [0.3, 0.4) is 0 Å². The molecule has 1 atom stereocenters. The molecule has 2 nitrogen and oxygen atoms in total. The molecule has 0 heterocycles. The van der Waals surface area contributed by atoms with Crippen LogP contribution >= 0.6 is 0 Å². The Balaban J connectivity index is 1.48. The van der Waals surface area contributed by atoms with Gasteiger partial charge < -0.3 is 0 Å². The molecule has 31 heavy (non-hydrogen) atoms. The fraction of sp³-hybridized carbons (Fsp3) is 0.0345. The second-order valence-corrected chi connectivity index (χ2v) is 8.04. The molecule has 0 fully saturated rings. The predicted octanol–water partition coefficient (Wildman–Crippen LogP) is 6.31. The number of carbonyl (C=O) groups is 2. The van der Waals surface area contributed by atoms with E-state index < -0.39 is 0 Å². The van der Waals surface area contributed by atoms with E-state index >= 15 is 0 Å². The molecule has 2 aliphatic rings. The summed E-state index contributed by atoms with van der Waals surface area (Å²) in [6.45, 7) is 0. The highest BCUT2D eigenvalue weighted by Crippen LogP contribution is 2.48. The molecule has 6 rings (SSSR count). The third-order valence-corrected chi connectivity index (χ3v) is 6.30. The van der Waals surface area contributed by atoms with Crippen molar-refractivity contribution in [2.45, 2.75) is 5.92 Å². The lowest BCUT2D eigenvalue weighted by molar-refractivity contribution is 0.0990. The zero-order chi connectivity index (χ0) is 20.9. The molecule has 146 valence electrons. The Bertz CT molecular complexity index is 1370. The molecule has 2 heteroatoms. The number of ketones is 2. The Hall–Kier alpha value is -4.04. The molecule has 2 aliphatic carbocycles. The van der Waals surface area contributed by atoms with Crippen LogP contribution in [-0.4, -0.2) is 11.6 Å². The van der Waals surface area contributed by atoms with Crippen molar-refractivity contribution < 1.29 is 9.59 Å². The highest BCUT2D eigenvalue weighted by Gasteiger charge is 2.33. The zero-order valence-electron chi connectivity index (χ0n) is 16.7. The molecule has 0 bridgehead atoms. The van der Waals surface area contributed by atoms with Gasteiger partial charge >= 0.3 is 0 Å². The van der Waals surface area contributed by atoms with Gasteiger partial charge in [0.25, 0.3) is 0 Å². The third kappa shape index (κ3) is 2.65. The number of hydrogen-bond acceptors (Lipinski definition) is 2.